The normalized spacial score (nSPS) is 16.6. The first-order chi connectivity index (χ1) is 12.0. The number of para-hydroxylation sites is 1. The van der Waals surface area contributed by atoms with Crippen molar-refractivity contribution in [2.45, 2.75) is 12.5 Å². The number of rotatable bonds is 3. The smallest absolute Gasteiger partial charge is 0.250 e. The summed E-state index contributed by atoms with van der Waals surface area (Å²) in [6, 6.07) is 11.6. The minimum Gasteiger partial charge on any atom is -0.366 e. The van der Waals surface area contributed by atoms with E-state index in [1.807, 2.05) is 30.5 Å². The number of amides is 2. The van der Waals surface area contributed by atoms with Gasteiger partial charge in [0.15, 0.2) is 0 Å². The van der Waals surface area contributed by atoms with Gasteiger partial charge >= 0.3 is 0 Å². The quantitative estimate of drug-likeness (QED) is 0.586. The fraction of sp³-hybridized carbons (Fsp3) is 0.111. The lowest BCUT2D eigenvalue weighted by Gasteiger charge is -2.33. The zero-order valence-corrected chi connectivity index (χ0v) is 13.2. The second kappa shape index (κ2) is 5.64. The van der Waals surface area contributed by atoms with Crippen LogP contribution in [0.4, 0.5) is 11.4 Å². The van der Waals surface area contributed by atoms with E-state index in [1.165, 1.54) is 12.1 Å². The number of hydrogen-bond donors (Lipinski definition) is 4. The van der Waals surface area contributed by atoms with Crippen LogP contribution in [0, 0.1) is 0 Å². The molecular weight excluding hydrogens is 320 g/mol. The molecule has 0 saturated heterocycles. The Bertz CT molecular complexity index is 995. The van der Waals surface area contributed by atoms with E-state index in [4.69, 9.17) is 5.73 Å². The molecule has 0 fully saturated rings. The average Bonchev–Trinajstić information content (AvgIpc) is 3.01. The van der Waals surface area contributed by atoms with E-state index in [0.717, 1.165) is 21.5 Å². The van der Waals surface area contributed by atoms with Crippen LogP contribution in [-0.2, 0) is 11.2 Å². The number of nitrogens with one attached hydrogen (secondary N) is 2. The van der Waals surface area contributed by atoms with Crippen molar-refractivity contribution in [2.24, 2.45) is 5.73 Å². The monoisotopic (exact) mass is 336 g/mol. The number of anilines is 2. The maximum Gasteiger partial charge on any atom is 0.250 e. The number of nitrogens with zero attached hydrogens (tertiary/aromatic N) is 1. The van der Waals surface area contributed by atoms with E-state index in [2.05, 4.69) is 10.3 Å². The van der Waals surface area contributed by atoms with Crippen LogP contribution >= 0.6 is 0 Å². The highest BCUT2D eigenvalue weighted by atomic mass is 16.5. The van der Waals surface area contributed by atoms with E-state index in [-0.39, 0.29) is 11.5 Å². The second-order valence-electron chi connectivity index (χ2n) is 6.01. The third-order valence-electron chi connectivity index (χ3n) is 4.47. The van der Waals surface area contributed by atoms with Gasteiger partial charge in [-0.25, -0.2) is 5.06 Å². The number of carbonyl (C=O) groups excluding carboxylic acids is 2. The summed E-state index contributed by atoms with van der Waals surface area (Å²) < 4.78 is 0. The van der Waals surface area contributed by atoms with Crippen LogP contribution in [0.25, 0.3) is 10.9 Å². The number of hydroxylamine groups is 1. The third kappa shape index (κ3) is 2.50. The van der Waals surface area contributed by atoms with Gasteiger partial charge in [0.05, 0.1) is 11.4 Å². The first-order valence-electron chi connectivity index (χ1n) is 7.82. The van der Waals surface area contributed by atoms with Crippen molar-refractivity contribution in [3.63, 3.8) is 0 Å². The first-order valence-corrected chi connectivity index (χ1v) is 7.82. The molecule has 1 atom stereocenters. The summed E-state index contributed by atoms with van der Waals surface area (Å²) in [6.45, 7) is 0. The first kappa shape index (κ1) is 15.2. The number of nitrogens with two attached hydrogens (primary N) is 1. The molecule has 2 amide bonds. The number of aromatic nitrogens is 1. The van der Waals surface area contributed by atoms with Gasteiger partial charge in [0, 0.05) is 29.1 Å². The molecule has 1 aliphatic rings. The SMILES string of the molecule is NC(=O)c1ccc2c(c1)NC(=O)[C@H](Cc1c[nH]c3ccccc13)N2O. The molecule has 25 heavy (non-hydrogen) atoms. The van der Waals surface area contributed by atoms with E-state index >= 15 is 0 Å². The summed E-state index contributed by atoms with van der Waals surface area (Å²) in [5, 5.41) is 15.2. The molecular formula is C18H16N4O3. The Labute approximate surface area is 143 Å². The highest BCUT2D eigenvalue weighted by molar-refractivity contribution is 6.05. The highest BCUT2D eigenvalue weighted by Crippen LogP contribution is 2.33. The summed E-state index contributed by atoms with van der Waals surface area (Å²) >= 11 is 0. The largest absolute Gasteiger partial charge is 0.366 e. The molecule has 2 aromatic carbocycles. The van der Waals surface area contributed by atoms with Gasteiger partial charge in [-0.05, 0) is 29.8 Å². The van der Waals surface area contributed by atoms with E-state index in [1.54, 1.807) is 6.07 Å². The number of hydrogen-bond acceptors (Lipinski definition) is 4. The van der Waals surface area contributed by atoms with E-state index in [0.29, 0.717) is 17.8 Å². The van der Waals surface area contributed by atoms with E-state index < -0.39 is 11.9 Å². The van der Waals surface area contributed by atoms with Gasteiger partial charge in [0.25, 0.3) is 0 Å². The van der Waals surface area contributed by atoms with E-state index in [9.17, 15) is 14.8 Å². The molecule has 7 heteroatoms. The van der Waals surface area contributed by atoms with Crippen LogP contribution in [0.15, 0.2) is 48.7 Å². The molecule has 1 aromatic heterocycles. The number of H-pyrrole nitrogens is 1. The zero-order chi connectivity index (χ0) is 17.6. The molecule has 0 unspecified atom stereocenters. The fourth-order valence-corrected chi connectivity index (χ4v) is 3.17. The summed E-state index contributed by atoms with van der Waals surface area (Å²) in [4.78, 5) is 26.9. The van der Waals surface area contributed by atoms with Crippen LogP contribution in [0.1, 0.15) is 15.9 Å². The van der Waals surface area contributed by atoms with Crippen molar-refractivity contribution in [2.75, 3.05) is 10.4 Å². The molecule has 0 radical (unpaired) electrons. The maximum atomic E-state index is 12.5. The maximum absolute atomic E-state index is 12.5. The lowest BCUT2D eigenvalue weighted by atomic mass is 10.0. The van der Waals surface area contributed by atoms with Gasteiger partial charge in [0.2, 0.25) is 11.8 Å². The van der Waals surface area contributed by atoms with Gasteiger partial charge in [-0.1, -0.05) is 18.2 Å². The number of primary amides is 1. The number of aromatic amines is 1. The summed E-state index contributed by atoms with van der Waals surface area (Å²) in [7, 11) is 0. The Morgan fingerprint density at radius 2 is 2.04 bits per heavy atom. The lowest BCUT2D eigenvalue weighted by molar-refractivity contribution is -0.119. The lowest BCUT2D eigenvalue weighted by Crippen LogP contribution is -2.47. The highest BCUT2D eigenvalue weighted by Gasteiger charge is 2.33. The molecule has 0 spiro atoms. The Morgan fingerprint density at radius 3 is 2.84 bits per heavy atom. The third-order valence-corrected chi connectivity index (χ3v) is 4.47. The van der Waals surface area contributed by atoms with Gasteiger partial charge in [0.1, 0.15) is 6.04 Å². The summed E-state index contributed by atoms with van der Waals surface area (Å²) in [6.07, 6.45) is 2.18. The molecule has 5 N–H and O–H groups in total. The van der Waals surface area contributed by atoms with Crippen molar-refractivity contribution >= 4 is 34.1 Å². The molecule has 2 heterocycles. The topological polar surface area (TPSA) is 111 Å². The van der Waals surface area contributed by atoms with Crippen LogP contribution in [-0.4, -0.2) is 28.0 Å². The number of fused-ring (bicyclic) bond motifs is 2. The Kier molecular flexibility index (Phi) is 3.43. The van der Waals surface area contributed by atoms with Crippen molar-refractivity contribution in [1.29, 1.82) is 0 Å². The van der Waals surface area contributed by atoms with Crippen LogP contribution in [0.5, 0.6) is 0 Å². The summed E-state index contributed by atoms with van der Waals surface area (Å²) in [5.41, 5.74) is 8.22. The number of benzene rings is 2. The van der Waals surface area contributed by atoms with Crippen LogP contribution in [0.3, 0.4) is 0 Å². The zero-order valence-electron chi connectivity index (χ0n) is 13.2. The van der Waals surface area contributed by atoms with Crippen molar-refractivity contribution in [3.8, 4) is 0 Å². The van der Waals surface area contributed by atoms with Gasteiger partial charge in [-0.3, -0.25) is 14.8 Å². The predicted molar refractivity (Wildman–Crippen MR) is 93.6 cm³/mol. The Morgan fingerprint density at radius 1 is 1.24 bits per heavy atom. The molecule has 7 nitrogen and oxygen atoms in total. The molecule has 1 aliphatic heterocycles. The van der Waals surface area contributed by atoms with Gasteiger partial charge in [-0.15, -0.1) is 0 Å². The van der Waals surface area contributed by atoms with Crippen LogP contribution < -0.4 is 16.1 Å². The fourth-order valence-electron chi connectivity index (χ4n) is 3.17. The Balaban J connectivity index is 1.67. The van der Waals surface area contributed by atoms with Gasteiger partial charge < -0.3 is 16.0 Å². The molecule has 126 valence electrons. The number of carbonyl (C=O) groups is 2. The average molecular weight is 336 g/mol. The molecule has 0 saturated carbocycles. The van der Waals surface area contributed by atoms with Crippen molar-refractivity contribution in [3.05, 3.63) is 59.8 Å². The molecule has 3 aromatic rings. The van der Waals surface area contributed by atoms with Crippen molar-refractivity contribution < 1.29 is 14.8 Å². The van der Waals surface area contributed by atoms with Crippen LogP contribution in [0.2, 0.25) is 0 Å². The predicted octanol–water partition coefficient (Wildman–Crippen LogP) is 2.03. The Hall–Kier alpha value is -3.32. The molecule has 0 aliphatic carbocycles. The minimum atomic E-state index is -0.772. The molecule has 0 bridgehead atoms. The second-order valence-corrected chi connectivity index (χ2v) is 6.01. The molecule has 4 rings (SSSR count). The minimum absolute atomic E-state index is 0.266. The van der Waals surface area contributed by atoms with Gasteiger partial charge in [-0.2, -0.15) is 0 Å². The van der Waals surface area contributed by atoms with Crippen molar-refractivity contribution in [1.82, 2.24) is 4.98 Å². The standard InChI is InChI=1S/C18H16N4O3/c19-17(23)10-5-6-15-14(7-10)21-18(24)16(22(15)25)8-11-9-20-13-4-2-1-3-12(11)13/h1-7,9,16,20,25H,8H2,(H2,19,23)(H,21,24)/t16-/m0/s1. The summed E-state index contributed by atoms with van der Waals surface area (Å²) in [5.74, 6) is -0.940.